The number of fused-ring (bicyclic) bond motifs is 8. The fourth-order valence-electron chi connectivity index (χ4n) is 4.38. The van der Waals surface area contributed by atoms with Gasteiger partial charge >= 0.3 is 0 Å². The lowest BCUT2D eigenvalue weighted by Crippen LogP contribution is -2.10. The van der Waals surface area contributed by atoms with Crippen LogP contribution in [0.15, 0.2) is 66.7 Å². The first-order chi connectivity index (χ1) is 13.5. The summed E-state index contributed by atoms with van der Waals surface area (Å²) in [6.45, 7) is 6.85. The summed E-state index contributed by atoms with van der Waals surface area (Å²) in [5.74, 6) is 0. The number of H-pyrrole nitrogens is 1. The summed E-state index contributed by atoms with van der Waals surface area (Å²) in [6, 6.07) is 24.8. The van der Waals surface area contributed by atoms with E-state index in [9.17, 15) is 0 Å². The molecule has 2 aromatic heterocycles. The number of hydrogen-bond donors (Lipinski definition) is 1. The molecule has 0 aliphatic heterocycles. The summed E-state index contributed by atoms with van der Waals surface area (Å²) in [5, 5.41) is 7.94. The molecule has 0 radical (unpaired) electrons. The molecule has 6 aromatic rings. The quantitative estimate of drug-likeness (QED) is 0.274. The van der Waals surface area contributed by atoms with Crippen molar-refractivity contribution in [2.24, 2.45) is 0 Å². The number of aromatic amines is 1. The summed E-state index contributed by atoms with van der Waals surface area (Å²) in [5.41, 5.74) is 4.02. The fraction of sp³-hybridized carbons (Fsp3) is 0.154. The summed E-state index contributed by atoms with van der Waals surface area (Å²) in [6.07, 6.45) is 0. The van der Waals surface area contributed by atoms with Gasteiger partial charge in [-0.1, -0.05) is 63.2 Å². The van der Waals surface area contributed by atoms with Gasteiger partial charge in [0.1, 0.15) is 0 Å². The smallest absolute Gasteiger partial charge is 0.0544 e. The molecule has 0 aliphatic carbocycles. The molecule has 1 nitrogen and oxygen atoms in total. The third kappa shape index (κ3) is 2.18. The monoisotopic (exact) mass is 379 g/mol. The molecule has 0 amide bonds. The van der Waals surface area contributed by atoms with E-state index in [0.29, 0.717) is 0 Å². The van der Waals surface area contributed by atoms with Gasteiger partial charge in [0.05, 0.1) is 5.52 Å². The molecule has 0 bridgehead atoms. The average molecular weight is 380 g/mol. The van der Waals surface area contributed by atoms with Crippen molar-refractivity contribution >= 4 is 64.1 Å². The van der Waals surface area contributed by atoms with Gasteiger partial charge in [-0.05, 0) is 40.6 Å². The first-order valence-corrected chi connectivity index (χ1v) is 10.6. The molecule has 0 fully saturated rings. The maximum absolute atomic E-state index is 3.70. The fourth-order valence-corrected chi connectivity index (χ4v) is 5.49. The van der Waals surface area contributed by atoms with Crippen LogP contribution in [0.2, 0.25) is 0 Å². The number of hydrogen-bond acceptors (Lipinski definition) is 1. The lowest BCUT2D eigenvalue weighted by atomic mass is 9.86. The predicted molar refractivity (Wildman–Crippen MR) is 125 cm³/mol. The van der Waals surface area contributed by atoms with Crippen molar-refractivity contribution in [3.8, 4) is 0 Å². The number of thiophene rings is 1. The van der Waals surface area contributed by atoms with Crippen molar-refractivity contribution < 1.29 is 0 Å². The maximum Gasteiger partial charge on any atom is 0.0544 e. The van der Waals surface area contributed by atoms with Gasteiger partial charge in [-0.15, -0.1) is 11.3 Å². The van der Waals surface area contributed by atoms with Crippen LogP contribution in [0.25, 0.3) is 52.8 Å². The van der Waals surface area contributed by atoms with Crippen molar-refractivity contribution in [2.45, 2.75) is 26.2 Å². The van der Waals surface area contributed by atoms with Crippen LogP contribution in [0.4, 0.5) is 0 Å². The van der Waals surface area contributed by atoms with Crippen molar-refractivity contribution in [1.82, 2.24) is 4.98 Å². The summed E-state index contributed by atoms with van der Waals surface area (Å²) < 4.78 is 2.72. The zero-order valence-electron chi connectivity index (χ0n) is 16.3. The average Bonchev–Trinajstić information content (AvgIpc) is 3.22. The van der Waals surface area contributed by atoms with Crippen molar-refractivity contribution in [2.75, 3.05) is 0 Å². The number of aromatic nitrogens is 1. The van der Waals surface area contributed by atoms with Crippen LogP contribution in [0.5, 0.6) is 0 Å². The highest BCUT2D eigenvalue weighted by molar-refractivity contribution is 7.25. The molecule has 2 heteroatoms. The molecule has 28 heavy (non-hydrogen) atoms. The van der Waals surface area contributed by atoms with Crippen molar-refractivity contribution in [3.05, 3.63) is 72.3 Å². The first kappa shape index (κ1) is 16.1. The Labute approximate surface area is 167 Å². The Morgan fingerprint density at radius 3 is 2.36 bits per heavy atom. The highest BCUT2D eigenvalue weighted by Gasteiger charge is 2.16. The Balaban J connectivity index is 1.73. The highest BCUT2D eigenvalue weighted by Crippen LogP contribution is 2.40. The molecule has 0 atom stereocenters. The van der Waals surface area contributed by atoms with Crippen LogP contribution in [0, 0.1) is 0 Å². The Kier molecular flexibility index (Phi) is 3.09. The molecule has 0 unspecified atom stereocenters. The lowest BCUT2D eigenvalue weighted by molar-refractivity contribution is 0.591. The minimum atomic E-state index is 0.159. The summed E-state index contributed by atoms with van der Waals surface area (Å²) >= 11 is 1.89. The first-order valence-electron chi connectivity index (χ1n) is 9.79. The Morgan fingerprint density at radius 1 is 0.679 bits per heavy atom. The van der Waals surface area contributed by atoms with Crippen LogP contribution in [-0.4, -0.2) is 4.98 Å². The zero-order valence-corrected chi connectivity index (χ0v) is 17.1. The normalized spacial score (nSPS) is 12.8. The van der Waals surface area contributed by atoms with E-state index in [0.717, 1.165) is 0 Å². The number of rotatable bonds is 0. The van der Waals surface area contributed by atoms with E-state index >= 15 is 0 Å². The molecule has 6 rings (SSSR count). The minimum Gasteiger partial charge on any atom is -0.354 e. The van der Waals surface area contributed by atoms with Crippen LogP contribution >= 0.6 is 11.3 Å². The van der Waals surface area contributed by atoms with E-state index in [4.69, 9.17) is 0 Å². The van der Waals surface area contributed by atoms with Crippen LogP contribution in [0.1, 0.15) is 26.3 Å². The van der Waals surface area contributed by atoms with E-state index in [1.165, 1.54) is 58.3 Å². The van der Waals surface area contributed by atoms with Gasteiger partial charge in [0.25, 0.3) is 0 Å². The second kappa shape index (κ2) is 5.36. The van der Waals surface area contributed by atoms with E-state index in [-0.39, 0.29) is 5.41 Å². The van der Waals surface area contributed by atoms with Crippen LogP contribution in [0.3, 0.4) is 0 Å². The van der Waals surface area contributed by atoms with E-state index in [1.807, 2.05) is 11.3 Å². The summed E-state index contributed by atoms with van der Waals surface area (Å²) in [4.78, 5) is 3.70. The molecule has 2 heterocycles. The van der Waals surface area contributed by atoms with E-state index in [1.54, 1.807) is 0 Å². The molecular weight excluding hydrogens is 358 g/mol. The molecular formula is C26H21NS. The predicted octanol–water partition coefficient (Wildman–Crippen LogP) is 8.14. The molecule has 4 aromatic carbocycles. The molecule has 0 aliphatic rings. The second-order valence-corrected chi connectivity index (χ2v) is 9.87. The van der Waals surface area contributed by atoms with Gasteiger partial charge in [-0.3, -0.25) is 0 Å². The second-order valence-electron chi connectivity index (χ2n) is 8.79. The lowest BCUT2D eigenvalue weighted by Gasteiger charge is -2.18. The third-order valence-corrected chi connectivity index (χ3v) is 7.09. The molecule has 136 valence electrons. The Bertz CT molecular complexity index is 1540. The SMILES string of the molecule is CC(C)(C)c1ccc2sc3cc4[nH]c5c6ccccc6ccc5c4cc3c2c1. The topological polar surface area (TPSA) is 15.8 Å². The molecule has 0 saturated heterocycles. The van der Waals surface area contributed by atoms with Gasteiger partial charge in [0.15, 0.2) is 0 Å². The van der Waals surface area contributed by atoms with Crippen molar-refractivity contribution in [3.63, 3.8) is 0 Å². The Morgan fingerprint density at radius 2 is 1.50 bits per heavy atom. The van der Waals surface area contributed by atoms with Gasteiger partial charge in [0, 0.05) is 41.8 Å². The van der Waals surface area contributed by atoms with Crippen molar-refractivity contribution in [1.29, 1.82) is 0 Å². The zero-order chi connectivity index (χ0) is 19.0. The minimum absolute atomic E-state index is 0.159. The number of nitrogens with one attached hydrogen (secondary N) is 1. The van der Waals surface area contributed by atoms with Gasteiger partial charge in [0.2, 0.25) is 0 Å². The number of benzene rings is 4. The largest absolute Gasteiger partial charge is 0.354 e. The summed E-state index contributed by atoms with van der Waals surface area (Å²) in [7, 11) is 0. The molecule has 1 N–H and O–H groups in total. The van der Waals surface area contributed by atoms with E-state index < -0.39 is 0 Å². The highest BCUT2D eigenvalue weighted by atomic mass is 32.1. The van der Waals surface area contributed by atoms with Gasteiger partial charge < -0.3 is 4.98 Å². The van der Waals surface area contributed by atoms with Crippen LogP contribution < -0.4 is 0 Å². The molecule has 0 saturated carbocycles. The third-order valence-electron chi connectivity index (χ3n) is 5.95. The Hall–Kier alpha value is -2.84. The van der Waals surface area contributed by atoms with Gasteiger partial charge in [-0.2, -0.15) is 0 Å². The molecule has 0 spiro atoms. The van der Waals surface area contributed by atoms with Gasteiger partial charge in [-0.25, -0.2) is 0 Å². The van der Waals surface area contributed by atoms with Crippen LogP contribution in [-0.2, 0) is 5.41 Å². The standard InChI is InChI=1S/C26H21NS/c1-26(2,3)16-9-11-23-20(12-16)21-13-19-18-10-8-15-6-4-5-7-17(15)25(18)27-22(19)14-24(21)28-23/h4-14,27H,1-3H3. The van der Waals surface area contributed by atoms with E-state index in [2.05, 4.69) is 92.5 Å². The maximum atomic E-state index is 3.70.